The third-order valence-electron chi connectivity index (χ3n) is 6.23. The summed E-state index contributed by atoms with van der Waals surface area (Å²) in [6.07, 6.45) is 1.29. The molecule has 0 unspecified atom stereocenters. The van der Waals surface area contributed by atoms with Crippen LogP contribution in [-0.4, -0.2) is 63.2 Å². The van der Waals surface area contributed by atoms with Crippen molar-refractivity contribution in [3.8, 4) is 0 Å². The van der Waals surface area contributed by atoms with Crippen molar-refractivity contribution in [1.82, 2.24) is 19.4 Å². The highest BCUT2D eigenvalue weighted by Crippen LogP contribution is 2.33. The highest BCUT2D eigenvalue weighted by molar-refractivity contribution is 6.32. The van der Waals surface area contributed by atoms with E-state index in [9.17, 15) is 9.59 Å². The van der Waals surface area contributed by atoms with Crippen molar-refractivity contribution in [2.45, 2.75) is 39.7 Å². The first kappa shape index (κ1) is 26.3. The molecule has 0 aliphatic carbocycles. The highest BCUT2D eigenvalue weighted by atomic mass is 35.5. The van der Waals surface area contributed by atoms with Crippen molar-refractivity contribution >= 4 is 34.9 Å². The number of piperazine rings is 1. The van der Waals surface area contributed by atoms with E-state index in [1.807, 2.05) is 6.07 Å². The Bertz CT molecular complexity index is 1190. The van der Waals surface area contributed by atoms with Gasteiger partial charge in [-0.05, 0) is 36.1 Å². The number of anilines is 1. The number of rotatable bonds is 5. The fraction of sp³-hybridized carbons (Fsp3) is 0.440. The minimum absolute atomic E-state index is 0.122. The molecule has 1 aromatic heterocycles. The number of amides is 2. The van der Waals surface area contributed by atoms with E-state index in [1.165, 1.54) is 6.08 Å². The summed E-state index contributed by atoms with van der Waals surface area (Å²) in [5.41, 5.74) is 15.4. The Morgan fingerprint density at radius 1 is 1.20 bits per heavy atom. The van der Waals surface area contributed by atoms with Crippen molar-refractivity contribution in [2.75, 3.05) is 31.9 Å². The molecule has 2 heterocycles. The lowest BCUT2D eigenvalue weighted by atomic mass is 9.85. The maximum absolute atomic E-state index is 13.2. The number of amidine groups is 1. The number of hydrogen-bond acceptors (Lipinski definition) is 5. The van der Waals surface area contributed by atoms with E-state index in [1.54, 1.807) is 34.4 Å². The minimum Gasteiger partial charge on any atom is -0.398 e. The van der Waals surface area contributed by atoms with Gasteiger partial charge in [0.1, 0.15) is 17.4 Å². The molecule has 1 saturated heterocycles. The smallest absolute Gasteiger partial charge is 0.272 e. The number of hydrogen-bond donors (Lipinski definition) is 2. The Morgan fingerprint density at radius 2 is 1.80 bits per heavy atom. The van der Waals surface area contributed by atoms with Gasteiger partial charge in [-0.1, -0.05) is 39.0 Å². The van der Waals surface area contributed by atoms with Gasteiger partial charge in [0.15, 0.2) is 0 Å². The molecule has 10 heteroatoms. The zero-order valence-electron chi connectivity index (χ0n) is 21.1. The monoisotopic (exact) mass is 499 g/mol. The van der Waals surface area contributed by atoms with Crippen LogP contribution in [0.15, 0.2) is 29.8 Å². The van der Waals surface area contributed by atoms with Crippen molar-refractivity contribution in [1.29, 1.82) is 0 Å². The van der Waals surface area contributed by atoms with Gasteiger partial charge < -0.3 is 25.8 Å². The standard InChI is InChI=1S/C25H34ClN7O2/c1-7-21(34)32-8-10-33(11-9-32)24(35)22-15(2)30-20(31(22)6)14-29-23(28)16-12-17(25(3,4)5)18(26)13-19(16)27/h7,12-13H,1,8-11,14,27H2,2-6H3,(H2,28,29). The minimum atomic E-state index is -0.184. The lowest BCUT2D eigenvalue weighted by Gasteiger charge is -2.34. The van der Waals surface area contributed by atoms with Crippen LogP contribution >= 0.6 is 11.6 Å². The zero-order valence-corrected chi connectivity index (χ0v) is 21.8. The molecule has 1 aliphatic heterocycles. The quantitative estimate of drug-likeness (QED) is 0.283. The molecule has 3 rings (SSSR count). The van der Waals surface area contributed by atoms with Crippen molar-refractivity contribution in [2.24, 2.45) is 17.8 Å². The Kier molecular flexibility index (Phi) is 7.59. The van der Waals surface area contributed by atoms with Gasteiger partial charge in [0.2, 0.25) is 5.91 Å². The SMILES string of the molecule is C=CC(=O)N1CCN(C(=O)c2c(C)nc(CN=C(N)c3cc(C(C)(C)C)c(Cl)cc3N)n2C)CC1. The van der Waals surface area contributed by atoms with Gasteiger partial charge in [-0.2, -0.15) is 0 Å². The van der Waals surface area contributed by atoms with E-state index in [-0.39, 0.29) is 29.6 Å². The summed E-state index contributed by atoms with van der Waals surface area (Å²) in [6.45, 7) is 13.5. The van der Waals surface area contributed by atoms with Gasteiger partial charge in [-0.3, -0.25) is 14.6 Å². The van der Waals surface area contributed by atoms with Crippen LogP contribution in [0.25, 0.3) is 0 Å². The number of nitrogens with two attached hydrogens (primary N) is 2. The molecule has 1 aliphatic rings. The number of nitrogens with zero attached hydrogens (tertiary/aromatic N) is 5. The Balaban J connectivity index is 1.80. The zero-order chi connectivity index (χ0) is 26.1. The maximum atomic E-state index is 13.2. The topological polar surface area (TPSA) is 123 Å². The summed E-state index contributed by atoms with van der Waals surface area (Å²) < 4.78 is 1.75. The van der Waals surface area contributed by atoms with Gasteiger partial charge in [0.05, 0.1) is 12.2 Å². The van der Waals surface area contributed by atoms with Crippen LogP contribution in [0, 0.1) is 6.92 Å². The average molecular weight is 500 g/mol. The number of carbonyl (C=O) groups is 2. The third kappa shape index (κ3) is 5.51. The normalized spacial score (nSPS) is 14.9. The molecule has 1 aromatic carbocycles. The second kappa shape index (κ2) is 10.1. The number of aromatic nitrogens is 2. The van der Waals surface area contributed by atoms with Crippen LogP contribution in [-0.2, 0) is 23.8 Å². The van der Waals surface area contributed by atoms with Crippen molar-refractivity contribution in [3.63, 3.8) is 0 Å². The summed E-state index contributed by atoms with van der Waals surface area (Å²) in [5.74, 6) is 0.643. The summed E-state index contributed by atoms with van der Waals surface area (Å²) in [5, 5.41) is 0.587. The molecule has 0 spiro atoms. The number of benzene rings is 1. The van der Waals surface area contributed by atoms with Crippen LogP contribution < -0.4 is 11.5 Å². The van der Waals surface area contributed by atoms with E-state index < -0.39 is 0 Å². The number of carbonyl (C=O) groups excluding carboxylic acids is 2. The van der Waals surface area contributed by atoms with E-state index in [0.717, 1.165) is 5.56 Å². The largest absolute Gasteiger partial charge is 0.398 e. The lowest BCUT2D eigenvalue weighted by molar-refractivity contribution is -0.127. The van der Waals surface area contributed by atoms with Gasteiger partial charge in [-0.25, -0.2) is 4.98 Å². The number of imidazole rings is 1. The molecule has 0 radical (unpaired) electrons. The van der Waals surface area contributed by atoms with Crippen LogP contribution in [0.1, 0.15) is 53.9 Å². The lowest BCUT2D eigenvalue weighted by Crippen LogP contribution is -2.50. The molecule has 0 bridgehead atoms. The van der Waals surface area contributed by atoms with Crippen molar-refractivity contribution in [3.05, 3.63) is 58.1 Å². The molecule has 2 aromatic rings. The number of halogens is 1. The van der Waals surface area contributed by atoms with Crippen molar-refractivity contribution < 1.29 is 9.59 Å². The Morgan fingerprint density at radius 3 is 2.37 bits per heavy atom. The van der Waals surface area contributed by atoms with Gasteiger partial charge in [0.25, 0.3) is 5.91 Å². The molecule has 4 N–H and O–H groups in total. The van der Waals surface area contributed by atoms with Crippen LogP contribution in [0.3, 0.4) is 0 Å². The van der Waals surface area contributed by atoms with Gasteiger partial charge in [-0.15, -0.1) is 0 Å². The van der Waals surface area contributed by atoms with E-state index >= 15 is 0 Å². The summed E-state index contributed by atoms with van der Waals surface area (Å²) in [6, 6.07) is 3.58. The molecular formula is C25H34ClN7O2. The van der Waals surface area contributed by atoms with Crippen LogP contribution in [0.5, 0.6) is 0 Å². The van der Waals surface area contributed by atoms with Gasteiger partial charge >= 0.3 is 0 Å². The highest BCUT2D eigenvalue weighted by Gasteiger charge is 2.28. The predicted molar refractivity (Wildman–Crippen MR) is 140 cm³/mol. The van der Waals surface area contributed by atoms with Crippen LogP contribution in [0.4, 0.5) is 5.69 Å². The Hall–Kier alpha value is -3.33. The number of aryl methyl sites for hydroxylation is 1. The van der Waals surface area contributed by atoms with Gasteiger partial charge in [0, 0.05) is 49.5 Å². The first-order chi connectivity index (χ1) is 16.3. The maximum Gasteiger partial charge on any atom is 0.272 e. The van der Waals surface area contributed by atoms with E-state index in [4.69, 9.17) is 23.1 Å². The second-order valence-corrected chi connectivity index (χ2v) is 10.1. The number of aliphatic imine (C=N–C) groups is 1. The molecule has 188 valence electrons. The average Bonchev–Trinajstić information content (AvgIpc) is 3.08. The second-order valence-electron chi connectivity index (χ2n) is 9.71. The van der Waals surface area contributed by atoms with Crippen LogP contribution in [0.2, 0.25) is 5.02 Å². The molecular weight excluding hydrogens is 466 g/mol. The Labute approximate surface area is 211 Å². The fourth-order valence-corrected chi connectivity index (χ4v) is 4.62. The molecule has 35 heavy (non-hydrogen) atoms. The summed E-state index contributed by atoms with van der Waals surface area (Å²) in [4.78, 5) is 37.5. The fourth-order valence-electron chi connectivity index (χ4n) is 4.17. The first-order valence-corrected chi connectivity index (χ1v) is 11.9. The van der Waals surface area contributed by atoms with E-state index in [0.29, 0.717) is 59.7 Å². The molecule has 2 amide bonds. The molecule has 0 saturated carbocycles. The van der Waals surface area contributed by atoms with E-state index in [2.05, 4.69) is 37.3 Å². The molecule has 1 fully saturated rings. The summed E-state index contributed by atoms with van der Waals surface area (Å²) >= 11 is 6.40. The predicted octanol–water partition coefficient (Wildman–Crippen LogP) is 2.64. The molecule has 0 atom stereocenters. The molecule has 9 nitrogen and oxygen atoms in total. The first-order valence-electron chi connectivity index (χ1n) is 11.5. The number of nitrogen functional groups attached to an aromatic ring is 1. The third-order valence-corrected chi connectivity index (χ3v) is 6.54. The summed E-state index contributed by atoms with van der Waals surface area (Å²) in [7, 11) is 1.79.